The normalized spacial score (nSPS) is 19.7. The molecule has 1 saturated heterocycles. The standard InChI is InChI=1S/C22H32N2O2/c1-13-8-14(2)19-16(12-26-20(19)15(13)3)9-18(25)23-17-10-21(4,5)24-22(6,7)11-17/h8,12,17,24H,9-11H2,1-7H3,(H,23,25). The number of carbonyl (C=O) groups excluding carboxylic acids is 1. The van der Waals surface area contributed by atoms with E-state index in [9.17, 15) is 4.79 Å². The van der Waals surface area contributed by atoms with E-state index in [1.54, 1.807) is 6.26 Å². The highest BCUT2D eigenvalue weighted by molar-refractivity contribution is 5.92. The lowest BCUT2D eigenvalue weighted by molar-refractivity contribution is -0.121. The molecule has 0 spiro atoms. The number of aryl methyl sites for hydroxylation is 3. The molecule has 0 unspecified atom stereocenters. The van der Waals surface area contributed by atoms with Crippen LogP contribution in [-0.4, -0.2) is 23.0 Å². The van der Waals surface area contributed by atoms with Crippen molar-refractivity contribution in [1.82, 2.24) is 10.6 Å². The molecule has 1 fully saturated rings. The summed E-state index contributed by atoms with van der Waals surface area (Å²) < 4.78 is 5.81. The second-order valence-electron chi connectivity index (χ2n) is 9.34. The van der Waals surface area contributed by atoms with Gasteiger partial charge in [-0.3, -0.25) is 4.79 Å². The molecule has 2 N–H and O–H groups in total. The average Bonchev–Trinajstić information content (AvgIpc) is 2.85. The molecule has 1 aliphatic heterocycles. The SMILES string of the molecule is Cc1cc(C)c2c(CC(=O)NC3CC(C)(C)NC(C)(C)C3)coc2c1C. The van der Waals surface area contributed by atoms with Gasteiger partial charge in [0.15, 0.2) is 0 Å². The Bertz CT molecular complexity index is 829. The minimum Gasteiger partial charge on any atom is -0.464 e. The molecular weight excluding hydrogens is 324 g/mol. The molecule has 142 valence electrons. The summed E-state index contributed by atoms with van der Waals surface area (Å²) in [6, 6.07) is 2.36. The van der Waals surface area contributed by atoms with Crippen molar-refractivity contribution in [3.8, 4) is 0 Å². The summed E-state index contributed by atoms with van der Waals surface area (Å²) in [6.45, 7) is 15.1. The first-order chi connectivity index (χ1) is 12.0. The third kappa shape index (κ3) is 3.80. The average molecular weight is 357 g/mol. The molecule has 1 aromatic carbocycles. The summed E-state index contributed by atoms with van der Waals surface area (Å²) in [5.74, 6) is 0.0730. The summed E-state index contributed by atoms with van der Waals surface area (Å²) >= 11 is 0. The molecule has 0 bridgehead atoms. The van der Waals surface area contributed by atoms with Crippen molar-refractivity contribution in [2.24, 2.45) is 0 Å². The topological polar surface area (TPSA) is 54.3 Å². The molecular formula is C22H32N2O2. The molecule has 2 aromatic rings. The van der Waals surface area contributed by atoms with Crippen molar-refractivity contribution in [2.75, 3.05) is 0 Å². The fraction of sp³-hybridized carbons (Fsp3) is 0.591. The van der Waals surface area contributed by atoms with Crippen molar-refractivity contribution >= 4 is 16.9 Å². The molecule has 1 amide bonds. The minimum absolute atomic E-state index is 0.0211. The Kier molecular flexibility index (Phi) is 4.68. The van der Waals surface area contributed by atoms with Gasteiger partial charge in [-0.25, -0.2) is 0 Å². The fourth-order valence-corrected chi connectivity index (χ4v) is 4.79. The summed E-state index contributed by atoms with van der Waals surface area (Å²) in [5, 5.41) is 8.01. The lowest BCUT2D eigenvalue weighted by Gasteiger charge is -2.46. The van der Waals surface area contributed by atoms with Crippen molar-refractivity contribution in [3.05, 3.63) is 34.6 Å². The van der Waals surface area contributed by atoms with Gasteiger partial charge < -0.3 is 15.1 Å². The quantitative estimate of drug-likeness (QED) is 0.861. The molecule has 0 saturated carbocycles. The van der Waals surface area contributed by atoms with Crippen LogP contribution in [0.1, 0.15) is 62.8 Å². The van der Waals surface area contributed by atoms with E-state index < -0.39 is 0 Å². The molecule has 0 atom stereocenters. The van der Waals surface area contributed by atoms with Gasteiger partial charge in [0, 0.05) is 28.1 Å². The second-order valence-corrected chi connectivity index (χ2v) is 9.34. The van der Waals surface area contributed by atoms with Gasteiger partial charge in [-0.05, 0) is 78.0 Å². The number of hydrogen-bond donors (Lipinski definition) is 2. The molecule has 3 rings (SSSR count). The smallest absolute Gasteiger partial charge is 0.224 e. The Balaban J connectivity index is 1.77. The Labute approximate surface area is 156 Å². The number of fused-ring (bicyclic) bond motifs is 1. The van der Waals surface area contributed by atoms with Crippen LogP contribution in [0.25, 0.3) is 11.0 Å². The highest BCUT2D eigenvalue weighted by Crippen LogP contribution is 2.31. The second kappa shape index (κ2) is 6.41. The van der Waals surface area contributed by atoms with E-state index >= 15 is 0 Å². The number of hydrogen-bond acceptors (Lipinski definition) is 3. The van der Waals surface area contributed by atoms with Gasteiger partial charge in [0.1, 0.15) is 5.58 Å². The van der Waals surface area contributed by atoms with Crippen molar-refractivity contribution in [1.29, 1.82) is 0 Å². The third-order valence-corrected chi connectivity index (χ3v) is 5.53. The monoisotopic (exact) mass is 356 g/mol. The first kappa shape index (κ1) is 19.0. The van der Waals surface area contributed by atoms with Crippen LogP contribution in [0.5, 0.6) is 0 Å². The molecule has 26 heavy (non-hydrogen) atoms. The van der Waals surface area contributed by atoms with Gasteiger partial charge in [-0.2, -0.15) is 0 Å². The molecule has 4 nitrogen and oxygen atoms in total. The van der Waals surface area contributed by atoms with Gasteiger partial charge in [0.05, 0.1) is 12.7 Å². The lowest BCUT2D eigenvalue weighted by Crippen LogP contribution is -2.62. The zero-order valence-corrected chi connectivity index (χ0v) is 17.2. The van der Waals surface area contributed by atoms with E-state index in [1.165, 1.54) is 11.1 Å². The maximum atomic E-state index is 12.7. The van der Waals surface area contributed by atoms with Gasteiger partial charge >= 0.3 is 0 Å². The lowest BCUT2D eigenvalue weighted by atomic mass is 9.79. The van der Waals surface area contributed by atoms with Gasteiger partial charge in [-0.15, -0.1) is 0 Å². The van der Waals surface area contributed by atoms with Crippen LogP contribution in [0.3, 0.4) is 0 Å². The van der Waals surface area contributed by atoms with Gasteiger partial charge in [-0.1, -0.05) is 6.07 Å². The summed E-state index contributed by atoms with van der Waals surface area (Å²) in [6.07, 6.45) is 3.98. The summed E-state index contributed by atoms with van der Waals surface area (Å²) in [4.78, 5) is 12.7. The van der Waals surface area contributed by atoms with Crippen molar-refractivity contribution in [2.45, 2.75) is 84.8 Å². The number of furan rings is 1. The Morgan fingerprint density at radius 3 is 2.38 bits per heavy atom. The number of amides is 1. The van der Waals surface area contributed by atoms with Crippen LogP contribution in [0.4, 0.5) is 0 Å². The third-order valence-electron chi connectivity index (χ3n) is 5.53. The zero-order chi connectivity index (χ0) is 19.3. The maximum Gasteiger partial charge on any atom is 0.224 e. The van der Waals surface area contributed by atoms with Crippen molar-refractivity contribution in [3.63, 3.8) is 0 Å². The van der Waals surface area contributed by atoms with Crippen molar-refractivity contribution < 1.29 is 9.21 Å². The zero-order valence-electron chi connectivity index (χ0n) is 17.2. The predicted octanol–water partition coefficient (Wildman–Crippen LogP) is 4.33. The molecule has 1 aliphatic rings. The highest BCUT2D eigenvalue weighted by Gasteiger charge is 2.38. The maximum absolute atomic E-state index is 12.7. The van der Waals surface area contributed by atoms with E-state index in [0.29, 0.717) is 6.42 Å². The number of benzene rings is 1. The van der Waals surface area contributed by atoms with Crippen LogP contribution in [0, 0.1) is 20.8 Å². The summed E-state index contributed by atoms with van der Waals surface area (Å²) in [5.41, 5.74) is 5.47. The fourth-order valence-electron chi connectivity index (χ4n) is 4.79. The molecule has 4 heteroatoms. The molecule has 0 aliphatic carbocycles. The number of rotatable bonds is 3. The minimum atomic E-state index is 0.0211. The van der Waals surface area contributed by atoms with Crippen LogP contribution in [0.15, 0.2) is 16.7 Å². The molecule has 2 heterocycles. The number of carbonyl (C=O) groups is 1. The van der Waals surface area contributed by atoms with E-state index in [1.807, 2.05) is 0 Å². The Hall–Kier alpha value is -1.81. The van der Waals surface area contributed by atoms with Crippen LogP contribution in [-0.2, 0) is 11.2 Å². The number of piperidine rings is 1. The molecule has 0 radical (unpaired) electrons. The summed E-state index contributed by atoms with van der Waals surface area (Å²) in [7, 11) is 0. The Morgan fingerprint density at radius 1 is 1.15 bits per heavy atom. The first-order valence-corrected chi connectivity index (χ1v) is 9.53. The largest absolute Gasteiger partial charge is 0.464 e. The van der Waals surface area contributed by atoms with E-state index in [2.05, 4.69) is 65.2 Å². The van der Waals surface area contributed by atoms with Gasteiger partial charge in [0.2, 0.25) is 5.91 Å². The first-order valence-electron chi connectivity index (χ1n) is 9.53. The van der Waals surface area contributed by atoms with E-state index in [4.69, 9.17) is 4.42 Å². The van der Waals surface area contributed by atoms with Crippen LogP contribution >= 0.6 is 0 Å². The number of nitrogens with one attached hydrogen (secondary N) is 2. The van der Waals surface area contributed by atoms with Crippen LogP contribution in [0.2, 0.25) is 0 Å². The Morgan fingerprint density at radius 2 is 1.77 bits per heavy atom. The van der Waals surface area contributed by atoms with Crippen LogP contribution < -0.4 is 10.6 Å². The molecule has 1 aromatic heterocycles. The van der Waals surface area contributed by atoms with Gasteiger partial charge in [0.25, 0.3) is 0 Å². The highest BCUT2D eigenvalue weighted by atomic mass is 16.3. The van der Waals surface area contributed by atoms with E-state index in [0.717, 1.165) is 34.9 Å². The predicted molar refractivity (Wildman–Crippen MR) is 107 cm³/mol. The van der Waals surface area contributed by atoms with E-state index in [-0.39, 0.29) is 23.0 Å².